The van der Waals surface area contributed by atoms with Gasteiger partial charge in [0.1, 0.15) is 24.0 Å². The Morgan fingerprint density at radius 2 is 1.86 bits per heavy atom. The number of aliphatic hydroxyl groups is 1. The van der Waals surface area contributed by atoms with Gasteiger partial charge in [-0.15, -0.1) is 4.83 Å². The lowest BCUT2D eigenvalue weighted by molar-refractivity contribution is -0.0118. The maximum Gasteiger partial charge on any atom is 0.253 e. The minimum absolute atomic E-state index is 0.0497. The molecule has 0 saturated carbocycles. The molecule has 1 heterocycles. The van der Waals surface area contributed by atoms with Crippen molar-refractivity contribution in [2.24, 2.45) is 0 Å². The van der Waals surface area contributed by atoms with Crippen LogP contribution in [0.5, 0.6) is 5.75 Å². The average Bonchev–Trinajstić information content (AvgIpc) is 2.84. The number of β-amino-alcohol motifs (C(OH)–C–C–N with tert-alkyl or cyclic N) is 1. The molecule has 2 aromatic carbocycles. The van der Waals surface area contributed by atoms with Gasteiger partial charge < -0.3 is 19.9 Å². The van der Waals surface area contributed by atoms with E-state index in [1.165, 1.54) is 22.7 Å². The van der Waals surface area contributed by atoms with Crippen LogP contribution in [0.1, 0.15) is 25.8 Å². The maximum absolute atomic E-state index is 12.7. The van der Waals surface area contributed by atoms with Crippen molar-refractivity contribution in [2.75, 3.05) is 26.3 Å². The number of morpholine rings is 1. The molecule has 1 aliphatic heterocycles. The second-order valence-electron chi connectivity index (χ2n) is 9.07. The summed E-state index contributed by atoms with van der Waals surface area (Å²) in [6.45, 7) is 5.19. The number of hydrazine groups is 1. The number of aryl methyl sites for hydroxylation is 1. The van der Waals surface area contributed by atoms with Crippen LogP contribution in [0.3, 0.4) is 0 Å². The molecule has 0 amide bonds. The third kappa shape index (κ3) is 8.87. The highest BCUT2D eigenvalue weighted by molar-refractivity contribution is 7.89. The van der Waals surface area contributed by atoms with Gasteiger partial charge in [0.2, 0.25) is 0 Å². The molecular formula is C24H33Cl2N3O5S. The molecule has 3 rings (SSSR count). The molecule has 2 unspecified atom stereocenters. The third-order valence-corrected chi connectivity index (χ3v) is 7.96. The molecule has 8 nitrogen and oxygen atoms in total. The van der Waals surface area contributed by atoms with Crippen LogP contribution in [0.2, 0.25) is 0 Å². The molecule has 35 heavy (non-hydrogen) atoms. The zero-order valence-corrected chi connectivity index (χ0v) is 22.2. The number of alkyl halides is 2. The molecular weight excluding hydrogens is 513 g/mol. The van der Waals surface area contributed by atoms with Crippen LogP contribution in [-0.2, 0) is 21.2 Å². The predicted octanol–water partition coefficient (Wildman–Crippen LogP) is 3.08. The van der Waals surface area contributed by atoms with Crippen molar-refractivity contribution in [3.63, 3.8) is 0 Å². The summed E-state index contributed by atoms with van der Waals surface area (Å²) < 4.78 is 36.2. The largest absolute Gasteiger partial charge is 0.491 e. The highest BCUT2D eigenvalue weighted by atomic mass is 35.5. The van der Waals surface area contributed by atoms with Crippen LogP contribution >= 0.6 is 23.2 Å². The minimum Gasteiger partial charge on any atom is -0.491 e. The molecule has 0 radical (unpaired) electrons. The van der Waals surface area contributed by atoms with Crippen LogP contribution in [0.4, 0.5) is 0 Å². The molecule has 11 heteroatoms. The maximum atomic E-state index is 12.7. The van der Waals surface area contributed by atoms with E-state index >= 15 is 0 Å². The minimum atomic E-state index is -3.85. The lowest BCUT2D eigenvalue weighted by atomic mass is 9.95. The topological polar surface area (TPSA) is 100 Å². The number of halogens is 2. The van der Waals surface area contributed by atoms with Crippen molar-refractivity contribution in [2.45, 2.75) is 54.3 Å². The molecule has 0 bridgehead atoms. The first-order valence-corrected chi connectivity index (χ1v) is 13.8. The van der Waals surface area contributed by atoms with Gasteiger partial charge in [0, 0.05) is 18.6 Å². The van der Waals surface area contributed by atoms with Gasteiger partial charge in [-0.3, -0.25) is 0 Å². The molecule has 3 atom stereocenters. The van der Waals surface area contributed by atoms with Crippen molar-refractivity contribution in [3.05, 3.63) is 60.2 Å². The normalized spacial score (nSPS) is 20.5. The van der Waals surface area contributed by atoms with Crippen LogP contribution in [0.15, 0.2) is 59.5 Å². The standard InChI is InChI=1S/C24H33Cl2N3O5S/c1-24(2,13-12-18-6-4-3-5-7-18)27-16-19(30)17-34-20-8-10-21(11-9-20)35(31,32)28-29-14-15-33-23(26)22(29)25/h3-11,19,22-23,27-28,30H,12-17H2,1-2H3/t19-,22?,23?/m1/s1. The number of nitrogens with one attached hydrogen (secondary N) is 2. The van der Waals surface area contributed by atoms with Gasteiger partial charge in [-0.25, -0.2) is 13.4 Å². The second kappa shape index (κ2) is 12.7. The number of aliphatic hydroxyl groups excluding tert-OH is 1. The lowest BCUT2D eigenvalue weighted by Gasteiger charge is -2.34. The van der Waals surface area contributed by atoms with E-state index in [4.69, 9.17) is 32.7 Å². The van der Waals surface area contributed by atoms with Gasteiger partial charge in [0.05, 0.1) is 11.5 Å². The van der Waals surface area contributed by atoms with Gasteiger partial charge in [-0.2, -0.15) is 0 Å². The van der Waals surface area contributed by atoms with Crippen molar-refractivity contribution in [1.82, 2.24) is 15.2 Å². The third-order valence-electron chi connectivity index (χ3n) is 5.63. The molecule has 0 spiro atoms. The number of hydrogen-bond donors (Lipinski definition) is 3. The van der Waals surface area contributed by atoms with Crippen molar-refractivity contribution in [1.29, 1.82) is 0 Å². The zero-order chi connectivity index (χ0) is 25.5. The van der Waals surface area contributed by atoms with Crippen LogP contribution in [0.25, 0.3) is 0 Å². The number of ether oxygens (including phenoxy) is 2. The number of nitrogens with zero attached hydrogens (tertiary/aromatic N) is 1. The van der Waals surface area contributed by atoms with E-state index in [1.807, 2.05) is 18.2 Å². The first-order valence-electron chi connectivity index (χ1n) is 11.4. The molecule has 1 saturated heterocycles. The van der Waals surface area contributed by atoms with Crippen molar-refractivity contribution in [3.8, 4) is 5.75 Å². The molecule has 2 aromatic rings. The van der Waals surface area contributed by atoms with E-state index in [9.17, 15) is 13.5 Å². The average molecular weight is 547 g/mol. The smallest absolute Gasteiger partial charge is 0.253 e. The SMILES string of the molecule is CC(C)(CCc1ccccc1)NC[C@@H](O)COc1ccc(S(=O)(=O)NN2CCOC(Cl)C2Cl)cc1. The Kier molecular flexibility index (Phi) is 10.2. The summed E-state index contributed by atoms with van der Waals surface area (Å²) >= 11 is 12.0. The number of hydrogen-bond acceptors (Lipinski definition) is 7. The summed E-state index contributed by atoms with van der Waals surface area (Å²) in [7, 11) is -3.85. The Bertz CT molecular complexity index is 1030. The number of benzene rings is 2. The highest BCUT2D eigenvalue weighted by Gasteiger charge is 2.32. The van der Waals surface area contributed by atoms with Crippen molar-refractivity contribution < 1.29 is 23.0 Å². The highest BCUT2D eigenvalue weighted by Crippen LogP contribution is 2.22. The summed E-state index contributed by atoms with van der Waals surface area (Å²) in [6.07, 6.45) is 1.15. The zero-order valence-electron chi connectivity index (χ0n) is 19.9. The van der Waals surface area contributed by atoms with E-state index in [-0.39, 0.29) is 30.2 Å². The van der Waals surface area contributed by atoms with Gasteiger partial charge in [-0.05, 0) is 56.5 Å². The molecule has 0 aliphatic carbocycles. The van der Waals surface area contributed by atoms with E-state index in [2.05, 4.69) is 36.1 Å². The summed E-state index contributed by atoms with van der Waals surface area (Å²) in [5.41, 5.74) is -0.519. The monoisotopic (exact) mass is 545 g/mol. The molecule has 194 valence electrons. The predicted molar refractivity (Wildman–Crippen MR) is 137 cm³/mol. The molecule has 0 aromatic heterocycles. The Morgan fingerprint density at radius 3 is 2.54 bits per heavy atom. The summed E-state index contributed by atoms with van der Waals surface area (Å²) in [4.78, 5) is 2.48. The molecule has 3 N–H and O–H groups in total. The Morgan fingerprint density at radius 1 is 1.17 bits per heavy atom. The fourth-order valence-electron chi connectivity index (χ4n) is 3.46. The Hall–Kier alpha value is -1.43. The van der Waals surface area contributed by atoms with E-state index in [0.717, 1.165) is 12.8 Å². The molecule has 1 aliphatic rings. The Labute approximate surface area is 217 Å². The quantitative estimate of drug-likeness (QED) is 0.278. The van der Waals surface area contributed by atoms with Crippen molar-refractivity contribution >= 4 is 33.2 Å². The number of sulfonamides is 1. The fourth-order valence-corrected chi connectivity index (χ4v) is 5.08. The van der Waals surface area contributed by atoms with Gasteiger partial charge in [-0.1, -0.05) is 53.5 Å². The first kappa shape index (κ1) is 28.1. The van der Waals surface area contributed by atoms with Crippen LogP contribution < -0.4 is 14.9 Å². The van der Waals surface area contributed by atoms with E-state index in [0.29, 0.717) is 12.3 Å². The number of rotatable bonds is 12. The molecule has 1 fully saturated rings. The van der Waals surface area contributed by atoms with Crippen LogP contribution in [0, 0.1) is 0 Å². The first-order chi connectivity index (χ1) is 16.6. The van der Waals surface area contributed by atoms with Gasteiger partial charge >= 0.3 is 0 Å². The van der Waals surface area contributed by atoms with Gasteiger partial charge in [0.25, 0.3) is 10.0 Å². The van der Waals surface area contributed by atoms with Crippen LogP contribution in [-0.4, -0.2) is 67.5 Å². The second-order valence-corrected chi connectivity index (χ2v) is 11.6. The summed E-state index contributed by atoms with van der Waals surface area (Å²) in [5, 5.41) is 15.1. The Balaban J connectivity index is 1.43. The lowest BCUT2D eigenvalue weighted by Crippen LogP contribution is -2.54. The summed E-state index contributed by atoms with van der Waals surface area (Å²) in [5.74, 6) is 0.453. The fraction of sp³-hybridized carbons (Fsp3) is 0.500. The van der Waals surface area contributed by atoms with E-state index in [1.54, 1.807) is 12.1 Å². The van der Waals surface area contributed by atoms with Gasteiger partial charge in [0.15, 0.2) is 5.56 Å². The summed E-state index contributed by atoms with van der Waals surface area (Å²) in [6, 6.07) is 16.2. The van der Waals surface area contributed by atoms with E-state index < -0.39 is 27.2 Å².